The summed E-state index contributed by atoms with van der Waals surface area (Å²) in [4.78, 5) is 13.5. The van der Waals surface area contributed by atoms with Crippen molar-refractivity contribution in [1.82, 2.24) is 15.0 Å². The Labute approximate surface area is 113 Å². The molecule has 0 aliphatic heterocycles. The first-order valence-corrected chi connectivity index (χ1v) is 6.57. The fraction of sp³-hybridized carbons (Fsp3) is 0.154. The van der Waals surface area contributed by atoms with Gasteiger partial charge in [0.2, 0.25) is 0 Å². The van der Waals surface area contributed by atoms with Gasteiger partial charge in [-0.15, -0.1) is 16.4 Å². The van der Waals surface area contributed by atoms with Gasteiger partial charge in [-0.05, 0) is 31.2 Å². The van der Waals surface area contributed by atoms with Gasteiger partial charge < -0.3 is 5.11 Å². The smallest absolute Gasteiger partial charge is 0.338 e. The van der Waals surface area contributed by atoms with E-state index in [0.717, 1.165) is 5.52 Å². The van der Waals surface area contributed by atoms with Crippen LogP contribution in [0.3, 0.4) is 0 Å². The van der Waals surface area contributed by atoms with E-state index in [0.29, 0.717) is 12.1 Å². The first-order chi connectivity index (χ1) is 9.15. The predicted molar refractivity (Wildman–Crippen MR) is 72.6 cm³/mol. The maximum absolute atomic E-state index is 11.1. The predicted octanol–water partition coefficient (Wildman–Crippen LogP) is 2.55. The van der Waals surface area contributed by atoms with Crippen LogP contribution in [0.4, 0.5) is 0 Å². The number of benzene rings is 1. The summed E-state index contributed by atoms with van der Waals surface area (Å²) in [6, 6.07) is 9.20. The molecule has 3 rings (SSSR count). The zero-order valence-corrected chi connectivity index (χ0v) is 11.0. The van der Waals surface area contributed by atoms with Crippen molar-refractivity contribution in [3.8, 4) is 0 Å². The van der Waals surface area contributed by atoms with Crippen molar-refractivity contribution >= 4 is 28.3 Å². The fourth-order valence-electron chi connectivity index (χ4n) is 2.00. The molecule has 2 aromatic heterocycles. The standard InChI is InChI=1S/C13H11N3O2S/c1-8-5-6-9(19-8)7-16-11-4-2-3-10(13(17)18)12(11)14-15-16/h2-6H,7H2,1H3,(H,17,18). The minimum Gasteiger partial charge on any atom is -0.478 e. The molecule has 1 N–H and O–H groups in total. The van der Waals surface area contributed by atoms with E-state index >= 15 is 0 Å². The summed E-state index contributed by atoms with van der Waals surface area (Å²) >= 11 is 1.70. The number of aromatic carboxylic acids is 1. The number of carbonyl (C=O) groups is 1. The summed E-state index contributed by atoms with van der Waals surface area (Å²) in [5, 5.41) is 17.1. The van der Waals surface area contributed by atoms with E-state index < -0.39 is 5.97 Å². The molecule has 1 aromatic carbocycles. The topological polar surface area (TPSA) is 68.0 Å². The SMILES string of the molecule is Cc1ccc(Cn2nnc3c(C(=O)O)cccc32)s1. The highest BCUT2D eigenvalue weighted by molar-refractivity contribution is 7.11. The number of aryl methyl sites for hydroxylation is 1. The third kappa shape index (κ3) is 2.10. The number of carboxylic acids is 1. The number of nitrogens with zero attached hydrogens (tertiary/aromatic N) is 3. The van der Waals surface area contributed by atoms with Crippen molar-refractivity contribution < 1.29 is 9.90 Å². The normalized spacial score (nSPS) is 11.0. The number of thiophene rings is 1. The van der Waals surface area contributed by atoms with E-state index in [1.807, 2.05) is 6.07 Å². The van der Waals surface area contributed by atoms with Crippen LogP contribution in [0, 0.1) is 6.92 Å². The van der Waals surface area contributed by atoms with Gasteiger partial charge in [-0.25, -0.2) is 9.48 Å². The zero-order chi connectivity index (χ0) is 13.4. The van der Waals surface area contributed by atoms with Crippen molar-refractivity contribution in [3.05, 3.63) is 45.6 Å². The second kappa shape index (κ2) is 4.47. The second-order valence-electron chi connectivity index (χ2n) is 4.24. The molecule has 0 fully saturated rings. The highest BCUT2D eigenvalue weighted by atomic mass is 32.1. The van der Waals surface area contributed by atoms with E-state index in [2.05, 4.69) is 29.4 Å². The van der Waals surface area contributed by atoms with Crippen LogP contribution in [0.15, 0.2) is 30.3 Å². The summed E-state index contributed by atoms with van der Waals surface area (Å²) < 4.78 is 1.73. The van der Waals surface area contributed by atoms with E-state index in [-0.39, 0.29) is 5.56 Å². The fourth-order valence-corrected chi connectivity index (χ4v) is 2.87. The molecule has 5 nitrogen and oxygen atoms in total. The molecule has 19 heavy (non-hydrogen) atoms. The molecule has 0 aliphatic rings. The number of hydrogen-bond acceptors (Lipinski definition) is 4. The van der Waals surface area contributed by atoms with Gasteiger partial charge in [0.15, 0.2) is 0 Å². The highest BCUT2D eigenvalue weighted by Gasteiger charge is 2.13. The van der Waals surface area contributed by atoms with Crippen LogP contribution < -0.4 is 0 Å². The van der Waals surface area contributed by atoms with Crippen molar-refractivity contribution in [2.75, 3.05) is 0 Å². The third-order valence-electron chi connectivity index (χ3n) is 2.88. The van der Waals surface area contributed by atoms with Crippen LogP contribution in [0.5, 0.6) is 0 Å². The first-order valence-electron chi connectivity index (χ1n) is 5.76. The Morgan fingerprint density at radius 3 is 2.89 bits per heavy atom. The summed E-state index contributed by atoms with van der Waals surface area (Å²) in [6.45, 7) is 2.66. The Morgan fingerprint density at radius 2 is 2.21 bits per heavy atom. The van der Waals surface area contributed by atoms with Crippen LogP contribution in [0.2, 0.25) is 0 Å². The Balaban J connectivity index is 2.06. The summed E-state index contributed by atoms with van der Waals surface area (Å²) in [6.07, 6.45) is 0. The molecule has 0 unspecified atom stereocenters. The largest absolute Gasteiger partial charge is 0.478 e. The summed E-state index contributed by atoms with van der Waals surface area (Å²) in [5.74, 6) is -0.982. The van der Waals surface area contributed by atoms with Crippen molar-refractivity contribution in [2.45, 2.75) is 13.5 Å². The minimum atomic E-state index is -0.982. The molecular weight excluding hydrogens is 262 g/mol. The molecule has 0 saturated carbocycles. The molecule has 0 bridgehead atoms. The van der Waals surface area contributed by atoms with Gasteiger partial charge in [0.05, 0.1) is 17.6 Å². The van der Waals surface area contributed by atoms with Gasteiger partial charge in [0, 0.05) is 9.75 Å². The van der Waals surface area contributed by atoms with Gasteiger partial charge in [0.25, 0.3) is 0 Å². The quantitative estimate of drug-likeness (QED) is 0.796. The molecule has 0 saturated heterocycles. The lowest BCUT2D eigenvalue weighted by Gasteiger charge is -2.00. The van der Waals surface area contributed by atoms with E-state index in [1.165, 1.54) is 9.75 Å². The third-order valence-corrected chi connectivity index (χ3v) is 3.86. The molecule has 0 aliphatic carbocycles. The molecule has 0 radical (unpaired) electrons. The Hall–Kier alpha value is -2.21. The maximum Gasteiger partial charge on any atom is 0.338 e. The lowest BCUT2D eigenvalue weighted by molar-refractivity contribution is 0.0699. The van der Waals surface area contributed by atoms with Gasteiger partial charge in [-0.3, -0.25) is 0 Å². The minimum absolute atomic E-state index is 0.186. The first kappa shape index (κ1) is 11.9. The summed E-state index contributed by atoms with van der Waals surface area (Å²) in [7, 11) is 0. The molecule has 2 heterocycles. The molecular formula is C13H11N3O2S. The lowest BCUT2D eigenvalue weighted by Crippen LogP contribution is -2.00. The lowest BCUT2D eigenvalue weighted by atomic mass is 10.2. The monoisotopic (exact) mass is 273 g/mol. The second-order valence-corrected chi connectivity index (χ2v) is 5.61. The Morgan fingerprint density at radius 1 is 1.37 bits per heavy atom. The average molecular weight is 273 g/mol. The molecule has 0 amide bonds. The van der Waals surface area contributed by atoms with Crippen molar-refractivity contribution in [2.24, 2.45) is 0 Å². The van der Waals surface area contributed by atoms with Crippen molar-refractivity contribution in [1.29, 1.82) is 0 Å². The zero-order valence-electron chi connectivity index (χ0n) is 10.2. The van der Waals surface area contributed by atoms with Gasteiger partial charge in [0.1, 0.15) is 5.52 Å². The van der Waals surface area contributed by atoms with Crippen LogP contribution in [-0.2, 0) is 6.54 Å². The van der Waals surface area contributed by atoms with E-state index in [9.17, 15) is 4.79 Å². The number of carboxylic acid groups (broad SMARTS) is 1. The Kier molecular flexibility index (Phi) is 2.79. The van der Waals surface area contributed by atoms with Crippen LogP contribution in [-0.4, -0.2) is 26.1 Å². The summed E-state index contributed by atoms with van der Waals surface area (Å²) in [5.41, 5.74) is 1.36. The molecule has 96 valence electrons. The van der Waals surface area contributed by atoms with Gasteiger partial charge in [-0.1, -0.05) is 11.3 Å². The molecule has 3 aromatic rings. The Bertz CT molecular complexity index is 760. The molecule has 6 heteroatoms. The van der Waals surface area contributed by atoms with Gasteiger partial charge in [-0.2, -0.15) is 0 Å². The van der Waals surface area contributed by atoms with Gasteiger partial charge >= 0.3 is 5.97 Å². The number of hydrogen-bond donors (Lipinski definition) is 1. The van der Waals surface area contributed by atoms with Crippen LogP contribution in [0.1, 0.15) is 20.1 Å². The maximum atomic E-state index is 11.1. The van der Waals surface area contributed by atoms with Crippen LogP contribution in [0.25, 0.3) is 11.0 Å². The van der Waals surface area contributed by atoms with E-state index in [4.69, 9.17) is 5.11 Å². The van der Waals surface area contributed by atoms with Crippen LogP contribution >= 0.6 is 11.3 Å². The number of aromatic nitrogens is 3. The van der Waals surface area contributed by atoms with Crippen molar-refractivity contribution in [3.63, 3.8) is 0 Å². The molecule has 0 spiro atoms. The van der Waals surface area contributed by atoms with E-state index in [1.54, 1.807) is 28.2 Å². The number of fused-ring (bicyclic) bond motifs is 1. The molecule has 0 atom stereocenters. The highest BCUT2D eigenvalue weighted by Crippen LogP contribution is 2.20. The number of rotatable bonds is 3. The average Bonchev–Trinajstić information content (AvgIpc) is 2.97.